The molecule has 4 rings (SSSR count). The number of hydrogen-bond acceptors (Lipinski definition) is 5. The van der Waals surface area contributed by atoms with Gasteiger partial charge in [-0.2, -0.15) is 0 Å². The van der Waals surface area contributed by atoms with Gasteiger partial charge in [0.15, 0.2) is 0 Å². The molecule has 0 radical (unpaired) electrons. The van der Waals surface area contributed by atoms with Gasteiger partial charge in [0.25, 0.3) is 0 Å². The molecule has 0 saturated carbocycles. The van der Waals surface area contributed by atoms with Crippen molar-refractivity contribution < 1.29 is 0 Å². The Morgan fingerprint density at radius 3 is 2.60 bits per heavy atom. The maximum atomic E-state index is 4.44. The largest absolute Gasteiger partial charge is 0.296 e. The maximum absolute atomic E-state index is 4.44. The molecule has 3 unspecified atom stereocenters. The van der Waals surface area contributed by atoms with Crippen LogP contribution in [0, 0.1) is 0 Å². The molecule has 0 aliphatic carbocycles. The van der Waals surface area contributed by atoms with Gasteiger partial charge in [0.2, 0.25) is 0 Å². The van der Waals surface area contributed by atoms with Crippen LogP contribution in [-0.4, -0.2) is 58.2 Å². The van der Waals surface area contributed by atoms with Gasteiger partial charge in [-0.05, 0) is 38.0 Å². The molecule has 25 heavy (non-hydrogen) atoms. The van der Waals surface area contributed by atoms with E-state index in [4.69, 9.17) is 0 Å². The summed E-state index contributed by atoms with van der Waals surface area (Å²) in [4.78, 5) is 13.9. The Morgan fingerprint density at radius 1 is 1.08 bits per heavy atom. The number of rotatable bonds is 3. The number of nitrogens with zero attached hydrogens (tertiary/aromatic N) is 4. The quantitative estimate of drug-likeness (QED) is 0.872. The standard InChI is InChI=1S/C20H27N5/c1-15-4-3-5-20(23-15)25-12-10-24(11-13-25)16(2)17-6-7-18-19(14-17)22-9-8-21-18/h3,5-9,14-16,20,23H,4,10-13H2,1-2H3. The molecule has 0 spiro atoms. The highest BCUT2D eigenvalue weighted by Gasteiger charge is 2.27. The van der Waals surface area contributed by atoms with Crippen molar-refractivity contribution in [3.8, 4) is 0 Å². The van der Waals surface area contributed by atoms with Crippen LogP contribution in [0.25, 0.3) is 11.0 Å². The normalized spacial score (nSPS) is 26.8. The highest BCUT2D eigenvalue weighted by molar-refractivity contribution is 5.74. The Balaban J connectivity index is 1.41. The van der Waals surface area contributed by atoms with Gasteiger partial charge in [-0.25, -0.2) is 0 Å². The lowest BCUT2D eigenvalue weighted by Crippen LogP contribution is -2.56. The third-order valence-electron chi connectivity index (χ3n) is 5.53. The minimum absolute atomic E-state index is 0.400. The first-order valence-corrected chi connectivity index (χ1v) is 9.32. The molecule has 2 aliphatic rings. The van der Waals surface area contributed by atoms with Gasteiger partial charge in [-0.3, -0.25) is 25.1 Å². The van der Waals surface area contributed by atoms with Crippen LogP contribution < -0.4 is 5.32 Å². The number of hydrogen-bond donors (Lipinski definition) is 1. The summed E-state index contributed by atoms with van der Waals surface area (Å²) in [6.07, 6.45) is 9.69. The molecule has 1 saturated heterocycles. The van der Waals surface area contributed by atoms with Gasteiger partial charge in [-0.1, -0.05) is 18.2 Å². The molecule has 1 fully saturated rings. The van der Waals surface area contributed by atoms with Crippen LogP contribution >= 0.6 is 0 Å². The predicted molar refractivity (Wildman–Crippen MR) is 101 cm³/mol. The molecule has 132 valence electrons. The van der Waals surface area contributed by atoms with Crippen LogP contribution in [-0.2, 0) is 0 Å². The lowest BCUT2D eigenvalue weighted by molar-refractivity contribution is 0.0716. The average Bonchev–Trinajstić information content (AvgIpc) is 2.67. The van der Waals surface area contributed by atoms with Crippen molar-refractivity contribution in [2.24, 2.45) is 0 Å². The van der Waals surface area contributed by atoms with Crippen LogP contribution in [0.5, 0.6) is 0 Å². The molecule has 1 N–H and O–H groups in total. The number of aromatic nitrogens is 2. The SMILES string of the molecule is CC1CC=CC(N2CCN(C(C)c3ccc4nccnc4c3)CC2)N1. The number of fused-ring (bicyclic) bond motifs is 1. The van der Waals surface area contributed by atoms with Crippen molar-refractivity contribution in [1.29, 1.82) is 0 Å². The minimum Gasteiger partial charge on any atom is -0.296 e. The smallest absolute Gasteiger partial charge is 0.0890 e. The van der Waals surface area contributed by atoms with Crippen LogP contribution in [0.2, 0.25) is 0 Å². The summed E-state index contributed by atoms with van der Waals surface area (Å²) in [7, 11) is 0. The molecular weight excluding hydrogens is 310 g/mol. The summed E-state index contributed by atoms with van der Waals surface area (Å²) in [5, 5.41) is 3.69. The molecule has 5 nitrogen and oxygen atoms in total. The van der Waals surface area contributed by atoms with E-state index in [1.807, 2.05) is 0 Å². The van der Waals surface area contributed by atoms with Gasteiger partial charge in [0, 0.05) is 50.7 Å². The summed E-state index contributed by atoms with van der Waals surface area (Å²) in [6.45, 7) is 8.96. The molecule has 2 aliphatic heterocycles. The van der Waals surface area contributed by atoms with E-state index >= 15 is 0 Å². The highest BCUT2D eigenvalue weighted by atomic mass is 15.3. The highest BCUT2D eigenvalue weighted by Crippen LogP contribution is 2.24. The Labute approximate surface area is 149 Å². The van der Waals surface area contributed by atoms with E-state index < -0.39 is 0 Å². The summed E-state index contributed by atoms with van der Waals surface area (Å²) < 4.78 is 0. The van der Waals surface area contributed by atoms with Crippen molar-refractivity contribution in [1.82, 2.24) is 25.1 Å². The Bertz CT molecular complexity index is 751. The summed E-state index contributed by atoms with van der Waals surface area (Å²) in [6, 6.07) is 7.45. The molecule has 1 aromatic heterocycles. The van der Waals surface area contributed by atoms with Crippen molar-refractivity contribution in [3.05, 3.63) is 48.3 Å². The maximum Gasteiger partial charge on any atom is 0.0890 e. The third-order valence-corrected chi connectivity index (χ3v) is 5.53. The van der Waals surface area contributed by atoms with Crippen LogP contribution in [0.15, 0.2) is 42.7 Å². The second-order valence-electron chi connectivity index (χ2n) is 7.23. The van der Waals surface area contributed by atoms with Crippen LogP contribution in [0.3, 0.4) is 0 Å². The molecule has 3 atom stereocenters. The Kier molecular flexibility index (Phi) is 4.79. The summed E-state index contributed by atoms with van der Waals surface area (Å²) >= 11 is 0. The fourth-order valence-corrected chi connectivity index (χ4v) is 3.91. The number of benzene rings is 1. The molecule has 0 bridgehead atoms. The zero-order valence-electron chi connectivity index (χ0n) is 15.1. The first-order chi connectivity index (χ1) is 12.2. The second kappa shape index (κ2) is 7.20. The first-order valence-electron chi connectivity index (χ1n) is 9.32. The third kappa shape index (κ3) is 3.59. The van der Waals surface area contributed by atoms with Crippen molar-refractivity contribution in [3.63, 3.8) is 0 Å². The van der Waals surface area contributed by atoms with Gasteiger partial charge in [0.05, 0.1) is 17.2 Å². The van der Waals surface area contributed by atoms with Gasteiger partial charge < -0.3 is 0 Å². The van der Waals surface area contributed by atoms with Crippen LogP contribution in [0.4, 0.5) is 0 Å². The predicted octanol–water partition coefficient (Wildman–Crippen LogP) is 2.57. The van der Waals surface area contributed by atoms with Gasteiger partial charge in [-0.15, -0.1) is 0 Å². The lowest BCUT2D eigenvalue weighted by Gasteiger charge is -2.42. The average molecular weight is 337 g/mol. The van der Waals surface area contributed by atoms with Crippen molar-refractivity contribution in [2.45, 2.75) is 38.5 Å². The van der Waals surface area contributed by atoms with E-state index in [1.54, 1.807) is 12.4 Å². The second-order valence-corrected chi connectivity index (χ2v) is 7.23. The van der Waals surface area contributed by atoms with Crippen molar-refractivity contribution in [2.75, 3.05) is 26.2 Å². The lowest BCUT2D eigenvalue weighted by atomic mass is 10.0. The minimum atomic E-state index is 0.400. The zero-order valence-corrected chi connectivity index (χ0v) is 15.1. The van der Waals surface area contributed by atoms with Crippen molar-refractivity contribution >= 4 is 11.0 Å². The molecule has 1 aromatic carbocycles. The van der Waals surface area contributed by atoms with E-state index in [-0.39, 0.29) is 0 Å². The van der Waals surface area contributed by atoms with E-state index in [0.717, 1.165) is 43.6 Å². The van der Waals surface area contributed by atoms with Crippen LogP contribution in [0.1, 0.15) is 31.9 Å². The fraction of sp³-hybridized carbons (Fsp3) is 0.500. The Morgan fingerprint density at radius 2 is 1.84 bits per heavy atom. The van der Waals surface area contributed by atoms with Gasteiger partial charge >= 0.3 is 0 Å². The topological polar surface area (TPSA) is 44.3 Å². The molecular formula is C20H27N5. The summed E-state index contributed by atoms with van der Waals surface area (Å²) in [5.41, 5.74) is 3.27. The zero-order chi connectivity index (χ0) is 17.2. The first kappa shape index (κ1) is 16.6. The van der Waals surface area contributed by atoms with E-state index in [1.165, 1.54) is 5.56 Å². The molecule has 2 aromatic rings. The molecule has 3 heterocycles. The number of nitrogens with one attached hydrogen (secondary N) is 1. The molecule has 0 amide bonds. The molecule has 5 heteroatoms. The van der Waals surface area contributed by atoms with E-state index in [0.29, 0.717) is 18.2 Å². The Hall–Kier alpha value is -1.82. The van der Waals surface area contributed by atoms with E-state index in [9.17, 15) is 0 Å². The number of piperazine rings is 1. The van der Waals surface area contributed by atoms with E-state index in [2.05, 4.69) is 69.3 Å². The fourth-order valence-electron chi connectivity index (χ4n) is 3.91. The monoisotopic (exact) mass is 337 g/mol. The summed E-state index contributed by atoms with van der Waals surface area (Å²) in [5.74, 6) is 0. The van der Waals surface area contributed by atoms with Gasteiger partial charge in [0.1, 0.15) is 0 Å².